The lowest BCUT2D eigenvalue weighted by Crippen LogP contribution is -2.46. The maximum absolute atomic E-state index is 11.6. The van der Waals surface area contributed by atoms with E-state index in [0.717, 1.165) is 45.1 Å². The summed E-state index contributed by atoms with van der Waals surface area (Å²) >= 11 is 0. The SMILES string of the molecule is [3H]CCCC1(CCC[3H])CCCN1C(C)=O. The monoisotopic (exact) mass is 201 g/mol. The van der Waals surface area contributed by atoms with Crippen molar-refractivity contribution in [3.8, 4) is 0 Å². The molecule has 2 heteroatoms. The molecule has 0 aromatic rings. The van der Waals surface area contributed by atoms with Crippen molar-refractivity contribution in [1.29, 1.82) is 0 Å². The highest BCUT2D eigenvalue weighted by Crippen LogP contribution is 2.37. The van der Waals surface area contributed by atoms with E-state index in [2.05, 4.69) is 0 Å². The van der Waals surface area contributed by atoms with Crippen molar-refractivity contribution < 1.29 is 7.54 Å². The van der Waals surface area contributed by atoms with Gasteiger partial charge >= 0.3 is 0 Å². The van der Waals surface area contributed by atoms with E-state index in [9.17, 15) is 4.79 Å². The van der Waals surface area contributed by atoms with E-state index in [1.165, 1.54) is 0 Å². The number of rotatable bonds is 4. The number of amides is 1. The number of carbonyl (C=O) groups excluding carboxylic acids is 1. The van der Waals surface area contributed by atoms with Gasteiger partial charge in [-0.3, -0.25) is 4.79 Å². The van der Waals surface area contributed by atoms with Gasteiger partial charge in [0, 0.05) is 21.7 Å². The summed E-state index contributed by atoms with van der Waals surface area (Å²) in [7, 11) is 0. The fourth-order valence-electron chi connectivity index (χ4n) is 2.73. The summed E-state index contributed by atoms with van der Waals surface area (Å²) in [6, 6.07) is 0. The van der Waals surface area contributed by atoms with Crippen molar-refractivity contribution in [2.45, 2.75) is 64.8 Å². The third-order valence-electron chi connectivity index (χ3n) is 3.26. The van der Waals surface area contributed by atoms with Crippen LogP contribution in [0, 0.1) is 0 Å². The number of likely N-dealkylation sites (tertiary alicyclic amines) is 1. The molecule has 1 heterocycles. The molecule has 0 aromatic heterocycles. The van der Waals surface area contributed by atoms with Gasteiger partial charge < -0.3 is 4.90 Å². The zero-order chi connectivity index (χ0) is 12.0. The number of carbonyl (C=O) groups is 1. The van der Waals surface area contributed by atoms with Gasteiger partial charge in [0.1, 0.15) is 0 Å². The van der Waals surface area contributed by atoms with Crippen LogP contribution in [0.2, 0.25) is 0 Å². The quantitative estimate of drug-likeness (QED) is 0.685. The van der Waals surface area contributed by atoms with Crippen molar-refractivity contribution >= 4 is 5.91 Å². The van der Waals surface area contributed by atoms with Crippen LogP contribution in [-0.4, -0.2) is 22.9 Å². The standard InChI is InChI=1S/C12H23NO/c1-4-7-12(8-5-2)9-6-10-13(12)11(3)14/h4-10H2,1-3H3/i1T,2T. The van der Waals surface area contributed by atoms with Crippen LogP contribution in [0.1, 0.15) is 62.0 Å². The summed E-state index contributed by atoms with van der Waals surface area (Å²) < 4.78 is 14.5. The van der Waals surface area contributed by atoms with E-state index in [1.54, 1.807) is 6.92 Å². The summed E-state index contributed by atoms with van der Waals surface area (Å²) in [4.78, 5) is 13.6. The number of hydrogen-bond donors (Lipinski definition) is 0. The Morgan fingerprint density at radius 1 is 1.43 bits per heavy atom. The molecule has 0 radical (unpaired) electrons. The van der Waals surface area contributed by atoms with Gasteiger partial charge in [-0.25, -0.2) is 0 Å². The molecule has 0 spiro atoms. The molecule has 1 aliphatic heterocycles. The molecule has 0 atom stereocenters. The molecule has 0 bridgehead atoms. The molecule has 14 heavy (non-hydrogen) atoms. The third-order valence-corrected chi connectivity index (χ3v) is 3.26. The van der Waals surface area contributed by atoms with Crippen molar-refractivity contribution in [1.82, 2.24) is 4.90 Å². The van der Waals surface area contributed by atoms with Gasteiger partial charge in [0.05, 0.1) is 0 Å². The smallest absolute Gasteiger partial charge is 0.219 e. The minimum Gasteiger partial charge on any atom is -0.337 e. The molecule has 1 aliphatic rings. The Balaban J connectivity index is 2.70. The Labute approximate surface area is 90.5 Å². The fourth-order valence-corrected chi connectivity index (χ4v) is 2.73. The predicted molar refractivity (Wildman–Crippen MR) is 59.2 cm³/mol. The molecule has 0 N–H and O–H groups in total. The lowest BCUT2D eigenvalue weighted by molar-refractivity contribution is -0.133. The number of hydrogen-bond acceptors (Lipinski definition) is 1. The highest BCUT2D eigenvalue weighted by molar-refractivity contribution is 5.74. The van der Waals surface area contributed by atoms with Crippen LogP contribution >= 0.6 is 0 Å². The summed E-state index contributed by atoms with van der Waals surface area (Å²) in [5.74, 6) is 0.160. The first kappa shape index (κ1) is 8.75. The zero-order valence-electron chi connectivity index (χ0n) is 11.2. The second kappa shape index (κ2) is 4.81. The van der Waals surface area contributed by atoms with Crippen LogP contribution in [0.25, 0.3) is 0 Å². The van der Waals surface area contributed by atoms with E-state index in [1.807, 2.05) is 4.90 Å². The van der Waals surface area contributed by atoms with Gasteiger partial charge in [-0.2, -0.15) is 0 Å². The van der Waals surface area contributed by atoms with Crippen molar-refractivity contribution in [2.75, 3.05) is 6.54 Å². The van der Waals surface area contributed by atoms with Gasteiger partial charge in [0.2, 0.25) is 5.91 Å². The molecule has 1 amide bonds. The first-order valence-electron chi connectivity index (χ1n) is 6.94. The third kappa shape index (κ3) is 2.10. The van der Waals surface area contributed by atoms with Crippen LogP contribution in [0.5, 0.6) is 0 Å². The summed E-state index contributed by atoms with van der Waals surface area (Å²) in [5, 5.41) is 0. The normalized spacial score (nSPS) is 21.9. The van der Waals surface area contributed by atoms with E-state index in [0.29, 0.717) is 13.8 Å². The molecular formula is C12H23NO. The highest BCUT2D eigenvalue weighted by Gasteiger charge is 2.40. The number of nitrogens with zero attached hydrogens (tertiary/aromatic N) is 1. The fraction of sp³-hybridized carbons (Fsp3) is 0.917. The largest absolute Gasteiger partial charge is 0.337 e. The van der Waals surface area contributed by atoms with Crippen molar-refractivity contribution in [3.63, 3.8) is 0 Å². The molecule has 0 aliphatic carbocycles. The Kier molecular flexibility index (Phi) is 3.01. The average Bonchev–Trinajstić information content (AvgIpc) is 2.68. The Hall–Kier alpha value is -0.530. The van der Waals surface area contributed by atoms with Gasteiger partial charge in [0.25, 0.3) is 0 Å². The second-order valence-electron chi connectivity index (χ2n) is 4.21. The Morgan fingerprint density at radius 2 is 2.07 bits per heavy atom. The molecule has 82 valence electrons. The maximum atomic E-state index is 11.6. The summed E-state index contributed by atoms with van der Waals surface area (Å²) in [6.45, 7) is 3.38. The van der Waals surface area contributed by atoms with Gasteiger partial charge in [-0.1, -0.05) is 26.6 Å². The lowest BCUT2D eigenvalue weighted by Gasteiger charge is -2.38. The second-order valence-corrected chi connectivity index (χ2v) is 4.21. The van der Waals surface area contributed by atoms with Crippen LogP contribution < -0.4 is 0 Å². The predicted octanol–water partition coefficient (Wildman–Crippen LogP) is 2.97. The first-order chi connectivity index (χ1) is 7.66. The van der Waals surface area contributed by atoms with Gasteiger partial charge in [-0.05, 0) is 25.7 Å². The van der Waals surface area contributed by atoms with Crippen LogP contribution in [0.3, 0.4) is 0 Å². The highest BCUT2D eigenvalue weighted by atomic mass is 16.2. The molecule has 1 saturated heterocycles. The van der Waals surface area contributed by atoms with Crippen molar-refractivity contribution in [3.05, 3.63) is 0 Å². The molecule has 0 saturated carbocycles. The maximum Gasteiger partial charge on any atom is 0.219 e. The lowest BCUT2D eigenvalue weighted by atomic mass is 9.86. The van der Waals surface area contributed by atoms with Crippen LogP contribution in [-0.2, 0) is 4.79 Å². The molecule has 0 unspecified atom stereocenters. The first-order valence-corrected chi connectivity index (χ1v) is 5.53. The Morgan fingerprint density at radius 3 is 2.57 bits per heavy atom. The van der Waals surface area contributed by atoms with Crippen LogP contribution in [0.15, 0.2) is 0 Å². The van der Waals surface area contributed by atoms with E-state index in [-0.39, 0.29) is 11.4 Å². The minimum atomic E-state index is -0.0199. The summed E-state index contributed by atoms with van der Waals surface area (Å²) in [5.41, 5.74) is -0.0199. The molecular weight excluding hydrogens is 174 g/mol. The average molecular weight is 201 g/mol. The van der Waals surface area contributed by atoms with E-state index >= 15 is 0 Å². The van der Waals surface area contributed by atoms with Gasteiger partial charge in [0.15, 0.2) is 0 Å². The molecule has 1 rings (SSSR count). The van der Waals surface area contributed by atoms with Crippen LogP contribution in [0.4, 0.5) is 0 Å². The zero-order valence-corrected chi connectivity index (χ0v) is 9.22. The molecule has 1 fully saturated rings. The molecule has 2 nitrogen and oxygen atoms in total. The van der Waals surface area contributed by atoms with E-state index < -0.39 is 0 Å². The van der Waals surface area contributed by atoms with E-state index in [4.69, 9.17) is 2.74 Å². The van der Waals surface area contributed by atoms with Gasteiger partial charge in [-0.15, -0.1) is 0 Å². The minimum absolute atomic E-state index is 0.0199. The molecule has 0 aromatic carbocycles. The van der Waals surface area contributed by atoms with Crippen molar-refractivity contribution in [2.24, 2.45) is 0 Å². The topological polar surface area (TPSA) is 20.3 Å². The summed E-state index contributed by atoms with van der Waals surface area (Å²) in [6.07, 6.45) is 5.75. The Bertz CT molecular complexity index is 225.